The molecule has 0 fully saturated rings. The molecule has 4 rings (SSSR count). The predicted octanol–water partition coefficient (Wildman–Crippen LogP) is 3.86. The van der Waals surface area contributed by atoms with E-state index in [1.54, 1.807) is 26.4 Å². The molecule has 0 saturated heterocycles. The summed E-state index contributed by atoms with van der Waals surface area (Å²) in [7, 11) is 3.12. The number of aromatic amines is 1. The van der Waals surface area contributed by atoms with Crippen molar-refractivity contribution >= 4 is 23.5 Å². The van der Waals surface area contributed by atoms with Gasteiger partial charge in [0.2, 0.25) is 5.91 Å². The van der Waals surface area contributed by atoms with Gasteiger partial charge in [-0.05, 0) is 24.1 Å². The average molecular weight is 438 g/mol. The summed E-state index contributed by atoms with van der Waals surface area (Å²) in [6.45, 7) is 2.05. The number of nitrogens with one attached hydrogen (secondary N) is 2. The highest BCUT2D eigenvalue weighted by Crippen LogP contribution is 2.40. The summed E-state index contributed by atoms with van der Waals surface area (Å²) >= 11 is 1.43. The minimum absolute atomic E-state index is 0.135. The van der Waals surface area contributed by atoms with E-state index in [9.17, 15) is 9.59 Å². The van der Waals surface area contributed by atoms with E-state index in [0.717, 1.165) is 11.1 Å². The highest BCUT2D eigenvalue weighted by molar-refractivity contribution is 7.98. The summed E-state index contributed by atoms with van der Waals surface area (Å²) in [4.78, 5) is 32.9. The fourth-order valence-electron chi connectivity index (χ4n) is 3.71. The van der Waals surface area contributed by atoms with Crippen molar-refractivity contribution in [1.82, 2.24) is 9.97 Å². The monoisotopic (exact) mass is 437 g/mol. The Morgan fingerprint density at radius 2 is 1.94 bits per heavy atom. The number of anilines is 1. The summed E-state index contributed by atoms with van der Waals surface area (Å²) in [5, 5.41) is 3.23. The molecule has 0 spiro atoms. The van der Waals surface area contributed by atoms with Crippen molar-refractivity contribution < 1.29 is 14.3 Å². The molecule has 160 valence electrons. The van der Waals surface area contributed by atoms with Crippen molar-refractivity contribution in [2.75, 3.05) is 19.5 Å². The molecule has 0 saturated carbocycles. The lowest BCUT2D eigenvalue weighted by Gasteiger charge is -2.26. The van der Waals surface area contributed by atoms with Crippen molar-refractivity contribution in [3.05, 3.63) is 75.1 Å². The molecule has 1 aromatic heterocycles. The number of rotatable bonds is 6. The van der Waals surface area contributed by atoms with Gasteiger partial charge in [-0.3, -0.25) is 9.59 Å². The van der Waals surface area contributed by atoms with E-state index >= 15 is 0 Å². The molecule has 1 aliphatic rings. The van der Waals surface area contributed by atoms with Gasteiger partial charge >= 0.3 is 0 Å². The summed E-state index contributed by atoms with van der Waals surface area (Å²) < 4.78 is 10.8. The van der Waals surface area contributed by atoms with Crippen molar-refractivity contribution in [1.29, 1.82) is 0 Å². The van der Waals surface area contributed by atoms with Crippen LogP contribution in [-0.4, -0.2) is 30.1 Å². The normalized spacial score (nSPS) is 15.2. The molecule has 0 bridgehead atoms. The van der Waals surface area contributed by atoms with Gasteiger partial charge in [-0.25, -0.2) is 4.98 Å². The number of methoxy groups -OCH3 is 2. The number of benzene rings is 2. The van der Waals surface area contributed by atoms with E-state index in [1.165, 1.54) is 17.3 Å². The molecule has 31 heavy (non-hydrogen) atoms. The third kappa shape index (κ3) is 4.29. The number of nitrogens with zero attached hydrogens (tertiary/aromatic N) is 1. The van der Waals surface area contributed by atoms with Crippen LogP contribution in [0.1, 0.15) is 34.6 Å². The van der Waals surface area contributed by atoms with Gasteiger partial charge in [0.05, 0.1) is 19.8 Å². The van der Waals surface area contributed by atoms with Crippen LogP contribution in [0.3, 0.4) is 0 Å². The van der Waals surface area contributed by atoms with Gasteiger partial charge in [0.1, 0.15) is 17.3 Å². The standard InChI is InChI=1S/C23H23N3O4S/c1-13-6-4-5-7-14(13)12-31-23-25-21-20(22(28)26-23)17(11-19(27)24-21)16-9-8-15(29-2)10-18(16)30-3/h4-10,17H,11-12H2,1-3H3,(H2,24,25,26,27,28). The van der Waals surface area contributed by atoms with Crippen molar-refractivity contribution in [2.45, 2.75) is 30.2 Å². The Morgan fingerprint density at radius 3 is 2.68 bits per heavy atom. The maximum absolute atomic E-state index is 13.1. The third-order valence-electron chi connectivity index (χ3n) is 5.37. The molecule has 1 unspecified atom stereocenters. The lowest BCUT2D eigenvalue weighted by Crippen LogP contribution is -2.31. The van der Waals surface area contributed by atoms with E-state index in [0.29, 0.717) is 33.8 Å². The lowest BCUT2D eigenvalue weighted by atomic mass is 9.86. The Bertz CT molecular complexity index is 1190. The fourth-order valence-corrected chi connectivity index (χ4v) is 4.65. The Balaban J connectivity index is 1.69. The van der Waals surface area contributed by atoms with Gasteiger partial charge in [0.15, 0.2) is 5.16 Å². The Morgan fingerprint density at radius 1 is 1.13 bits per heavy atom. The van der Waals surface area contributed by atoms with Crippen molar-refractivity contribution in [2.24, 2.45) is 0 Å². The quantitative estimate of drug-likeness (QED) is 0.449. The van der Waals surface area contributed by atoms with E-state index < -0.39 is 5.92 Å². The van der Waals surface area contributed by atoms with Crippen LogP contribution in [0.5, 0.6) is 11.5 Å². The van der Waals surface area contributed by atoms with E-state index in [1.807, 2.05) is 37.3 Å². The van der Waals surface area contributed by atoms with Gasteiger partial charge in [0, 0.05) is 29.7 Å². The van der Waals surface area contributed by atoms with Crippen LogP contribution < -0.4 is 20.3 Å². The summed E-state index contributed by atoms with van der Waals surface area (Å²) in [6, 6.07) is 13.4. The lowest BCUT2D eigenvalue weighted by molar-refractivity contribution is -0.116. The minimum atomic E-state index is -0.462. The molecule has 1 atom stereocenters. The Labute approximate surface area is 184 Å². The first-order valence-electron chi connectivity index (χ1n) is 9.83. The highest BCUT2D eigenvalue weighted by Gasteiger charge is 2.32. The number of thioether (sulfide) groups is 1. The zero-order valence-corrected chi connectivity index (χ0v) is 18.3. The molecule has 2 heterocycles. The number of aryl methyl sites for hydroxylation is 1. The molecule has 1 aliphatic heterocycles. The largest absolute Gasteiger partial charge is 0.497 e. The number of H-pyrrole nitrogens is 1. The molecule has 8 heteroatoms. The van der Waals surface area contributed by atoms with Gasteiger partial charge in [0.25, 0.3) is 5.56 Å². The summed E-state index contributed by atoms with van der Waals surface area (Å²) in [5.41, 5.74) is 3.25. The van der Waals surface area contributed by atoms with Crippen LogP contribution in [0.15, 0.2) is 52.4 Å². The Hall–Kier alpha value is -3.26. The van der Waals surface area contributed by atoms with E-state index in [-0.39, 0.29) is 17.9 Å². The number of carbonyl (C=O) groups excluding carboxylic acids is 1. The maximum Gasteiger partial charge on any atom is 0.257 e. The van der Waals surface area contributed by atoms with Crippen LogP contribution >= 0.6 is 11.8 Å². The molecule has 3 aromatic rings. The second-order valence-electron chi connectivity index (χ2n) is 7.26. The van der Waals surface area contributed by atoms with Crippen LogP contribution in [0.25, 0.3) is 0 Å². The first-order valence-corrected chi connectivity index (χ1v) is 10.8. The number of hydrogen-bond acceptors (Lipinski definition) is 6. The number of fused-ring (bicyclic) bond motifs is 1. The summed E-state index contributed by atoms with van der Waals surface area (Å²) in [6.07, 6.45) is 0.135. The Kier molecular flexibility index (Phi) is 5.99. The minimum Gasteiger partial charge on any atom is -0.497 e. The number of hydrogen-bond donors (Lipinski definition) is 2. The molecule has 0 radical (unpaired) electrons. The van der Waals surface area contributed by atoms with Crippen molar-refractivity contribution in [3.8, 4) is 11.5 Å². The number of carbonyl (C=O) groups is 1. The molecule has 7 nitrogen and oxygen atoms in total. The highest BCUT2D eigenvalue weighted by atomic mass is 32.2. The molecular formula is C23H23N3O4S. The smallest absolute Gasteiger partial charge is 0.257 e. The van der Waals surface area contributed by atoms with E-state index in [4.69, 9.17) is 9.47 Å². The van der Waals surface area contributed by atoms with Crippen LogP contribution in [0.4, 0.5) is 5.82 Å². The number of aromatic nitrogens is 2. The molecule has 1 amide bonds. The van der Waals surface area contributed by atoms with E-state index in [2.05, 4.69) is 15.3 Å². The predicted molar refractivity (Wildman–Crippen MR) is 120 cm³/mol. The molecule has 2 N–H and O–H groups in total. The molecule has 2 aromatic carbocycles. The van der Waals surface area contributed by atoms with Crippen molar-refractivity contribution in [3.63, 3.8) is 0 Å². The maximum atomic E-state index is 13.1. The first-order chi connectivity index (χ1) is 15.0. The fraction of sp³-hybridized carbons (Fsp3) is 0.261. The van der Waals surface area contributed by atoms with Gasteiger partial charge < -0.3 is 19.8 Å². The van der Waals surface area contributed by atoms with Crippen LogP contribution in [0.2, 0.25) is 0 Å². The molecular weight excluding hydrogens is 414 g/mol. The second kappa shape index (κ2) is 8.85. The first kappa shape index (κ1) is 21.0. The van der Waals surface area contributed by atoms with Crippen LogP contribution in [-0.2, 0) is 10.5 Å². The zero-order chi connectivity index (χ0) is 22.0. The van der Waals surface area contributed by atoms with Gasteiger partial charge in [-0.15, -0.1) is 0 Å². The van der Waals surface area contributed by atoms with Gasteiger partial charge in [-0.2, -0.15) is 0 Å². The average Bonchev–Trinajstić information content (AvgIpc) is 2.77. The zero-order valence-electron chi connectivity index (χ0n) is 17.5. The topological polar surface area (TPSA) is 93.3 Å². The second-order valence-corrected chi connectivity index (χ2v) is 8.23. The number of ether oxygens (including phenoxy) is 2. The SMILES string of the molecule is COc1ccc(C2CC(=O)Nc3nc(SCc4ccccc4C)[nH]c(=O)c32)c(OC)c1. The third-order valence-corrected chi connectivity index (χ3v) is 6.29. The van der Waals surface area contributed by atoms with Crippen LogP contribution in [0, 0.1) is 6.92 Å². The summed E-state index contributed by atoms with van der Waals surface area (Å²) in [5.74, 6) is 1.51. The number of amides is 1. The molecule has 0 aliphatic carbocycles. The van der Waals surface area contributed by atoms with Gasteiger partial charge in [-0.1, -0.05) is 42.1 Å².